The van der Waals surface area contributed by atoms with Crippen LogP contribution in [0, 0.1) is 5.92 Å². The van der Waals surface area contributed by atoms with Gasteiger partial charge >= 0.3 is 0 Å². The van der Waals surface area contributed by atoms with Crippen LogP contribution in [0.4, 0.5) is 5.82 Å². The number of hydrogen-bond donors (Lipinski definition) is 2. The lowest BCUT2D eigenvalue weighted by molar-refractivity contribution is 0.266. The van der Waals surface area contributed by atoms with E-state index in [0.717, 1.165) is 41.2 Å². The summed E-state index contributed by atoms with van der Waals surface area (Å²) in [5.74, 6) is 2.23. The van der Waals surface area contributed by atoms with Crippen molar-refractivity contribution in [1.82, 2.24) is 9.97 Å². The van der Waals surface area contributed by atoms with E-state index in [0.29, 0.717) is 5.92 Å². The summed E-state index contributed by atoms with van der Waals surface area (Å²) in [6, 6.07) is 2.05. The Balaban J connectivity index is 2.18. The van der Waals surface area contributed by atoms with Crippen molar-refractivity contribution in [2.75, 3.05) is 18.5 Å². The fourth-order valence-corrected chi connectivity index (χ4v) is 2.57. The first-order valence-corrected chi connectivity index (χ1v) is 7.21. The molecule has 5 heteroatoms. The molecule has 2 rings (SSSR count). The lowest BCUT2D eigenvalue weighted by Gasteiger charge is -2.12. The maximum absolute atomic E-state index is 8.90. The average Bonchev–Trinajstić information content (AvgIpc) is 2.84. The molecule has 0 bridgehead atoms. The molecule has 0 amide bonds. The van der Waals surface area contributed by atoms with Crippen LogP contribution in [0.2, 0.25) is 0 Å². The molecular formula is C13H19N3OS. The van der Waals surface area contributed by atoms with Gasteiger partial charge in [0.1, 0.15) is 16.5 Å². The standard InChI is InChI=1S/C13H19N3OS/c1-3-11-15-12(14-8-9(2)4-6-17)10-5-7-18-13(10)16-11/h5,7,9,17H,3-4,6,8H2,1-2H3,(H,14,15,16). The van der Waals surface area contributed by atoms with Crippen LogP contribution in [0.3, 0.4) is 0 Å². The number of thiophene rings is 1. The molecule has 2 heterocycles. The van der Waals surface area contributed by atoms with Gasteiger partial charge in [-0.2, -0.15) is 0 Å². The van der Waals surface area contributed by atoms with Gasteiger partial charge in [0.05, 0.1) is 5.39 Å². The summed E-state index contributed by atoms with van der Waals surface area (Å²) >= 11 is 1.64. The Bertz CT molecular complexity index is 512. The SMILES string of the molecule is CCc1nc(NCC(C)CCO)c2ccsc2n1. The van der Waals surface area contributed by atoms with Gasteiger partial charge in [0.15, 0.2) is 0 Å². The van der Waals surface area contributed by atoms with Gasteiger partial charge < -0.3 is 10.4 Å². The van der Waals surface area contributed by atoms with Crippen LogP contribution in [-0.4, -0.2) is 28.2 Å². The maximum Gasteiger partial charge on any atom is 0.138 e. The van der Waals surface area contributed by atoms with Crippen molar-refractivity contribution >= 4 is 27.4 Å². The number of fused-ring (bicyclic) bond motifs is 1. The number of aliphatic hydroxyl groups is 1. The number of hydrogen-bond acceptors (Lipinski definition) is 5. The van der Waals surface area contributed by atoms with Crippen LogP contribution in [0.15, 0.2) is 11.4 Å². The predicted molar refractivity (Wildman–Crippen MR) is 76.1 cm³/mol. The summed E-state index contributed by atoms with van der Waals surface area (Å²) in [7, 11) is 0. The highest BCUT2D eigenvalue weighted by Gasteiger charge is 2.09. The molecule has 2 N–H and O–H groups in total. The van der Waals surface area contributed by atoms with E-state index in [1.54, 1.807) is 11.3 Å². The van der Waals surface area contributed by atoms with E-state index < -0.39 is 0 Å². The lowest BCUT2D eigenvalue weighted by Crippen LogP contribution is -2.14. The topological polar surface area (TPSA) is 58.0 Å². The molecule has 1 unspecified atom stereocenters. The number of aromatic nitrogens is 2. The fourth-order valence-electron chi connectivity index (χ4n) is 1.79. The minimum absolute atomic E-state index is 0.237. The quantitative estimate of drug-likeness (QED) is 0.843. The van der Waals surface area contributed by atoms with Crippen molar-refractivity contribution in [2.45, 2.75) is 26.7 Å². The first-order chi connectivity index (χ1) is 8.74. The van der Waals surface area contributed by atoms with Crippen LogP contribution in [0.5, 0.6) is 0 Å². The number of nitrogens with zero attached hydrogens (tertiary/aromatic N) is 2. The van der Waals surface area contributed by atoms with E-state index in [1.165, 1.54) is 0 Å². The van der Waals surface area contributed by atoms with Crippen LogP contribution in [0.25, 0.3) is 10.2 Å². The summed E-state index contributed by atoms with van der Waals surface area (Å²) in [6.45, 7) is 5.25. The molecule has 2 aromatic rings. The third-order valence-electron chi connectivity index (χ3n) is 2.93. The van der Waals surface area contributed by atoms with Crippen molar-refractivity contribution < 1.29 is 5.11 Å². The highest BCUT2D eigenvalue weighted by molar-refractivity contribution is 7.16. The van der Waals surface area contributed by atoms with Crippen molar-refractivity contribution in [3.05, 3.63) is 17.3 Å². The summed E-state index contributed by atoms with van der Waals surface area (Å²) in [6.07, 6.45) is 1.65. The van der Waals surface area contributed by atoms with E-state index >= 15 is 0 Å². The smallest absolute Gasteiger partial charge is 0.138 e. The minimum Gasteiger partial charge on any atom is -0.396 e. The highest BCUT2D eigenvalue weighted by atomic mass is 32.1. The summed E-state index contributed by atoms with van der Waals surface area (Å²) in [5.41, 5.74) is 0. The molecule has 0 aliphatic heterocycles. The van der Waals surface area contributed by atoms with Gasteiger partial charge in [0, 0.05) is 19.6 Å². The third-order valence-corrected chi connectivity index (χ3v) is 3.73. The van der Waals surface area contributed by atoms with Crippen molar-refractivity contribution in [3.63, 3.8) is 0 Å². The van der Waals surface area contributed by atoms with E-state index in [1.807, 2.05) is 5.38 Å². The number of nitrogens with one attached hydrogen (secondary N) is 1. The molecule has 0 radical (unpaired) electrons. The first kappa shape index (κ1) is 13.2. The second kappa shape index (κ2) is 6.11. The maximum atomic E-state index is 8.90. The predicted octanol–water partition coefficient (Wildman–Crippen LogP) is 2.68. The van der Waals surface area contributed by atoms with Gasteiger partial charge in [0.25, 0.3) is 0 Å². The van der Waals surface area contributed by atoms with Crippen molar-refractivity contribution in [2.24, 2.45) is 5.92 Å². The van der Waals surface area contributed by atoms with Crippen LogP contribution in [-0.2, 0) is 6.42 Å². The normalized spacial score (nSPS) is 12.8. The van der Waals surface area contributed by atoms with E-state index in [9.17, 15) is 0 Å². The molecule has 0 aliphatic carbocycles. The Hall–Kier alpha value is -1.20. The highest BCUT2D eigenvalue weighted by Crippen LogP contribution is 2.25. The molecule has 0 spiro atoms. The number of aryl methyl sites for hydroxylation is 1. The second-order valence-electron chi connectivity index (χ2n) is 4.48. The molecule has 0 saturated heterocycles. The molecular weight excluding hydrogens is 246 g/mol. The monoisotopic (exact) mass is 265 g/mol. The zero-order valence-corrected chi connectivity index (χ0v) is 11.6. The summed E-state index contributed by atoms with van der Waals surface area (Å²) < 4.78 is 0. The molecule has 18 heavy (non-hydrogen) atoms. The Morgan fingerprint density at radius 2 is 2.28 bits per heavy atom. The lowest BCUT2D eigenvalue weighted by atomic mass is 10.1. The van der Waals surface area contributed by atoms with Crippen molar-refractivity contribution in [3.8, 4) is 0 Å². The average molecular weight is 265 g/mol. The van der Waals surface area contributed by atoms with Gasteiger partial charge in [-0.1, -0.05) is 13.8 Å². The Morgan fingerprint density at radius 3 is 3.00 bits per heavy atom. The van der Waals surface area contributed by atoms with E-state index in [2.05, 4.69) is 35.2 Å². The summed E-state index contributed by atoms with van der Waals surface area (Å²) in [5, 5.41) is 15.4. The van der Waals surface area contributed by atoms with Gasteiger partial charge in [-0.25, -0.2) is 9.97 Å². The van der Waals surface area contributed by atoms with E-state index in [4.69, 9.17) is 5.11 Å². The number of aliphatic hydroxyl groups excluding tert-OH is 1. The van der Waals surface area contributed by atoms with Crippen LogP contribution in [0.1, 0.15) is 26.1 Å². The number of rotatable bonds is 6. The molecule has 98 valence electrons. The fraction of sp³-hybridized carbons (Fsp3) is 0.538. The second-order valence-corrected chi connectivity index (χ2v) is 5.37. The van der Waals surface area contributed by atoms with Gasteiger partial charge in [-0.3, -0.25) is 0 Å². The van der Waals surface area contributed by atoms with Crippen LogP contribution >= 0.6 is 11.3 Å². The third kappa shape index (κ3) is 2.97. The van der Waals surface area contributed by atoms with Gasteiger partial charge in [0.2, 0.25) is 0 Å². The zero-order valence-electron chi connectivity index (χ0n) is 10.8. The minimum atomic E-state index is 0.237. The van der Waals surface area contributed by atoms with E-state index in [-0.39, 0.29) is 6.61 Å². The summed E-state index contributed by atoms with van der Waals surface area (Å²) in [4.78, 5) is 10.1. The Morgan fingerprint density at radius 1 is 1.44 bits per heavy atom. The first-order valence-electron chi connectivity index (χ1n) is 6.33. The van der Waals surface area contributed by atoms with Crippen molar-refractivity contribution in [1.29, 1.82) is 0 Å². The van der Waals surface area contributed by atoms with Crippen LogP contribution < -0.4 is 5.32 Å². The Kier molecular flexibility index (Phi) is 4.49. The van der Waals surface area contributed by atoms with Gasteiger partial charge in [-0.05, 0) is 23.8 Å². The molecule has 1 atom stereocenters. The number of anilines is 1. The molecule has 0 aliphatic rings. The molecule has 0 fully saturated rings. The molecule has 4 nitrogen and oxygen atoms in total. The largest absolute Gasteiger partial charge is 0.396 e. The molecule has 2 aromatic heterocycles. The van der Waals surface area contributed by atoms with Gasteiger partial charge in [-0.15, -0.1) is 11.3 Å². The Labute approximate surface area is 111 Å². The molecule has 0 saturated carbocycles. The molecule has 0 aromatic carbocycles. The zero-order chi connectivity index (χ0) is 13.0.